The first kappa shape index (κ1) is 15.8. The van der Waals surface area contributed by atoms with Crippen LogP contribution in [0.15, 0.2) is 48.5 Å². The Bertz CT molecular complexity index is 916. The first-order valence-corrected chi connectivity index (χ1v) is 8.68. The fourth-order valence-corrected chi connectivity index (χ4v) is 3.62. The maximum Gasteiger partial charge on any atom is 0.227 e. The number of nitrogens with zero attached hydrogens (tertiary/aromatic N) is 3. The fraction of sp³-hybridized carbons (Fsp3) is 0.300. The lowest BCUT2D eigenvalue weighted by Crippen LogP contribution is -2.24. The second-order valence-electron chi connectivity index (χ2n) is 6.49. The minimum Gasteiger partial charge on any atom is -0.328 e. The third-order valence-electron chi connectivity index (χ3n) is 4.76. The Kier molecular flexibility index (Phi) is 3.99. The topological polar surface area (TPSA) is 38.1 Å². The van der Waals surface area contributed by atoms with Crippen LogP contribution in [0.3, 0.4) is 0 Å². The molecule has 5 heteroatoms. The number of aryl methyl sites for hydroxylation is 1. The van der Waals surface area contributed by atoms with E-state index in [9.17, 15) is 9.18 Å². The van der Waals surface area contributed by atoms with Gasteiger partial charge in [-0.25, -0.2) is 9.37 Å². The molecule has 1 fully saturated rings. The Balaban J connectivity index is 1.69. The standard InChI is InChI=1S/C20H20FN3O/c1-2-11-23-18-6-4-3-5-17(18)22-20(23)14-12-19(25)24(13-14)16-9-7-15(21)8-10-16/h3-10,14H,2,11-13H2,1H3/t14-/m1/s1. The highest BCUT2D eigenvalue weighted by molar-refractivity contribution is 5.96. The van der Waals surface area contributed by atoms with Crippen LogP contribution in [0.4, 0.5) is 10.1 Å². The summed E-state index contributed by atoms with van der Waals surface area (Å²) in [6.07, 6.45) is 1.44. The van der Waals surface area contributed by atoms with Crippen molar-refractivity contribution >= 4 is 22.6 Å². The van der Waals surface area contributed by atoms with Gasteiger partial charge in [-0.05, 0) is 42.8 Å². The van der Waals surface area contributed by atoms with Gasteiger partial charge in [0.1, 0.15) is 11.6 Å². The van der Waals surface area contributed by atoms with Gasteiger partial charge in [0.25, 0.3) is 0 Å². The van der Waals surface area contributed by atoms with Crippen molar-refractivity contribution in [2.75, 3.05) is 11.4 Å². The average molecular weight is 337 g/mol. The van der Waals surface area contributed by atoms with E-state index in [4.69, 9.17) is 4.98 Å². The number of benzene rings is 2. The molecule has 1 saturated heterocycles. The van der Waals surface area contributed by atoms with E-state index in [-0.39, 0.29) is 17.6 Å². The summed E-state index contributed by atoms with van der Waals surface area (Å²) in [7, 11) is 0. The second kappa shape index (κ2) is 6.31. The summed E-state index contributed by atoms with van der Waals surface area (Å²) in [4.78, 5) is 19.1. The Morgan fingerprint density at radius 3 is 2.68 bits per heavy atom. The first-order chi connectivity index (χ1) is 12.2. The van der Waals surface area contributed by atoms with Crippen molar-refractivity contribution in [2.24, 2.45) is 0 Å². The summed E-state index contributed by atoms with van der Waals surface area (Å²) in [6, 6.07) is 14.2. The minimum atomic E-state index is -0.295. The van der Waals surface area contributed by atoms with Crippen molar-refractivity contribution < 1.29 is 9.18 Å². The smallest absolute Gasteiger partial charge is 0.227 e. The molecular weight excluding hydrogens is 317 g/mol. The van der Waals surface area contributed by atoms with Gasteiger partial charge in [-0.2, -0.15) is 0 Å². The van der Waals surface area contributed by atoms with Crippen LogP contribution in [0.1, 0.15) is 31.5 Å². The second-order valence-corrected chi connectivity index (χ2v) is 6.49. The molecule has 2 aromatic carbocycles. The highest BCUT2D eigenvalue weighted by Crippen LogP contribution is 2.33. The third-order valence-corrected chi connectivity index (χ3v) is 4.76. The Morgan fingerprint density at radius 2 is 1.92 bits per heavy atom. The lowest BCUT2D eigenvalue weighted by atomic mass is 10.1. The Labute approximate surface area is 145 Å². The molecule has 1 aliphatic rings. The molecule has 1 aliphatic heterocycles. The molecule has 4 rings (SSSR count). The molecule has 0 radical (unpaired) electrons. The van der Waals surface area contributed by atoms with Crippen LogP contribution in [0.25, 0.3) is 11.0 Å². The number of amides is 1. The number of carbonyl (C=O) groups excluding carboxylic acids is 1. The van der Waals surface area contributed by atoms with Gasteiger partial charge >= 0.3 is 0 Å². The highest BCUT2D eigenvalue weighted by atomic mass is 19.1. The van der Waals surface area contributed by atoms with E-state index in [1.165, 1.54) is 12.1 Å². The van der Waals surface area contributed by atoms with Crippen molar-refractivity contribution in [2.45, 2.75) is 32.2 Å². The van der Waals surface area contributed by atoms with E-state index in [2.05, 4.69) is 17.6 Å². The van der Waals surface area contributed by atoms with Crippen LogP contribution in [0.5, 0.6) is 0 Å². The molecule has 0 aliphatic carbocycles. The Morgan fingerprint density at radius 1 is 1.16 bits per heavy atom. The van der Waals surface area contributed by atoms with Gasteiger partial charge in [0.15, 0.2) is 0 Å². The molecule has 1 aromatic heterocycles. The van der Waals surface area contributed by atoms with Crippen molar-refractivity contribution in [3.63, 3.8) is 0 Å². The van der Waals surface area contributed by atoms with Gasteiger partial charge in [-0.15, -0.1) is 0 Å². The number of aromatic nitrogens is 2. The van der Waals surface area contributed by atoms with E-state index in [0.29, 0.717) is 13.0 Å². The van der Waals surface area contributed by atoms with E-state index >= 15 is 0 Å². The molecule has 1 atom stereocenters. The summed E-state index contributed by atoms with van der Waals surface area (Å²) < 4.78 is 15.4. The van der Waals surface area contributed by atoms with Crippen LogP contribution in [0.2, 0.25) is 0 Å². The van der Waals surface area contributed by atoms with Gasteiger partial charge in [0.2, 0.25) is 5.91 Å². The van der Waals surface area contributed by atoms with Gasteiger partial charge in [-0.1, -0.05) is 19.1 Å². The van der Waals surface area contributed by atoms with Crippen molar-refractivity contribution in [3.8, 4) is 0 Å². The number of fused-ring (bicyclic) bond motifs is 1. The Hall–Kier alpha value is -2.69. The van der Waals surface area contributed by atoms with Gasteiger partial charge in [0, 0.05) is 31.1 Å². The van der Waals surface area contributed by atoms with Crippen LogP contribution in [-0.2, 0) is 11.3 Å². The monoisotopic (exact) mass is 337 g/mol. The third kappa shape index (κ3) is 2.80. The quantitative estimate of drug-likeness (QED) is 0.719. The predicted octanol–water partition coefficient (Wildman–Crippen LogP) is 4.11. The lowest BCUT2D eigenvalue weighted by Gasteiger charge is -2.17. The number of anilines is 1. The maximum absolute atomic E-state index is 13.2. The number of para-hydroxylation sites is 2. The number of hydrogen-bond donors (Lipinski definition) is 0. The zero-order valence-electron chi connectivity index (χ0n) is 14.2. The largest absolute Gasteiger partial charge is 0.328 e. The summed E-state index contributed by atoms with van der Waals surface area (Å²) in [5.74, 6) is 0.793. The van der Waals surface area contributed by atoms with Crippen LogP contribution >= 0.6 is 0 Å². The lowest BCUT2D eigenvalue weighted by molar-refractivity contribution is -0.117. The molecule has 2 heterocycles. The van der Waals surface area contributed by atoms with Crippen molar-refractivity contribution in [1.29, 1.82) is 0 Å². The van der Waals surface area contributed by atoms with Crippen LogP contribution < -0.4 is 4.90 Å². The van der Waals surface area contributed by atoms with Crippen molar-refractivity contribution in [3.05, 3.63) is 60.2 Å². The molecule has 1 amide bonds. The van der Waals surface area contributed by atoms with Gasteiger partial charge < -0.3 is 9.47 Å². The molecule has 3 aromatic rings. The normalized spacial score (nSPS) is 17.6. The van der Waals surface area contributed by atoms with E-state index < -0.39 is 0 Å². The maximum atomic E-state index is 13.2. The molecule has 4 nitrogen and oxygen atoms in total. The number of hydrogen-bond acceptors (Lipinski definition) is 2. The summed E-state index contributed by atoms with van der Waals surface area (Å²) >= 11 is 0. The average Bonchev–Trinajstić information content (AvgIpc) is 3.17. The van der Waals surface area contributed by atoms with E-state index in [1.807, 2.05) is 18.2 Å². The van der Waals surface area contributed by atoms with Crippen LogP contribution in [-0.4, -0.2) is 22.0 Å². The zero-order valence-corrected chi connectivity index (χ0v) is 14.2. The van der Waals surface area contributed by atoms with Gasteiger partial charge in [-0.3, -0.25) is 4.79 Å². The predicted molar refractivity (Wildman–Crippen MR) is 96.1 cm³/mol. The molecule has 0 bridgehead atoms. The molecule has 0 N–H and O–H groups in total. The number of rotatable bonds is 4. The molecule has 0 spiro atoms. The van der Waals surface area contributed by atoms with Crippen LogP contribution in [0, 0.1) is 5.82 Å². The summed E-state index contributed by atoms with van der Waals surface area (Å²) in [6.45, 7) is 3.61. The SMILES string of the molecule is CCCn1c([C@@H]2CC(=O)N(c3ccc(F)cc3)C2)nc2ccccc21. The molecule has 0 unspecified atom stereocenters. The molecule has 128 valence electrons. The van der Waals surface area contributed by atoms with Gasteiger partial charge in [0.05, 0.1) is 11.0 Å². The summed E-state index contributed by atoms with van der Waals surface area (Å²) in [5.41, 5.74) is 2.83. The molecular formula is C20H20FN3O. The molecule has 0 saturated carbocycles. The number of carbonyl (C=O) groups is 1. The highest BCUT2D eigenvalue weighted by Gasteiger charge is 2.34. The zero-order chi connectivity index (χ0) is 17.4. The fourth-order valence-electron chi connectivity index (χ4n) is 3.62. The van der Waals surface area contributed by atoms with E-state index in [1.54, 1.807) is 17.0 Å². The first-order valence-electron chi connectivity index (χ1n) is 8.68. The summed E-state index contributed by atoms with van der Waals surface area (Å²) in [5, 5.41) is 0. The number of halogens is 1. The minimum absolute atomic E-state index is 0.0523. The molecule has 25 heavy (non-hydrogen) atoms. The van der Waals surface area contributed by atoms with Crippen molar-refractivity contribution in [1.82, 2.24) is 9.55 Å². The number of imidazole rings is 1. The van der Waals surface area contributed by atoms with E-state index in [0.717, 1.165) is 35.5 Å².